The molecule has 0 radical (unpaired) electrons. The maximum Gasteiger partial charge on any atom is 0.264 e. The minimum absolute atomic E-state index is 0.0257. The molecule has 11 nitrogen and oxygen atoms in total. The number of rotatable bonds is 7. The number of hydrogen-bond donors (Lipinski definition) is 2. The Balaban J connectivity index is 1.85. The van der Waals surface area contributed by atoms with Crippen LogP contribution in [-0.4, -0.2) is 71.4 Å². The molecule has 0 bridgehead atoms. The summed E-state index contributed by atoms with van der Waals surface area (Å²) in [7, 11) is -7.37. The van der Waals surface area contributed by atoms with Gasteiger partial charge in [-0.3, -0.25) is 13.9 Å². The van der Waals surface area contributed by atoms with Crippen LogP contribution in [0.4, 0.5) is 5.95 Å². The van der Waals surface area contributed by atoms with Crippen LogP contribution < -0.4 is 10.9 Å². The Bertz CT molecular complexity index is 1240. The van der Waals surface area contributed by atoms with Crippen LogP contribution >= 0.6 is 0 Å². The van der Waals surface area contributed by atoms with Crippen LogP contribution in [0.3, 0.4) is 0 Å². The average Bonchev–Trinajstić information content (AvgIpc) is 2.65. The fraction of sp³-hybridized carbons (Fsp3) is 0.611. The zero-order valence-electron chi connectivity index (χ0n) is 17.6. The van der Waals surface area contributed by atoms with E-state index in [0.717, 1.165) is 0 Å². The highest BCUT2D eigenvalue weighted by Crippen LogP contribution is 2.22. The van der Waals surface area contributed by atoms with Gasteiger partial charge in [-0.1, -0.05) is 6.92 Å². The second-order valence-electron chi connectivity index (χ2n) is 8.03. The second-order valence-corrected chi connectivity index (χ2v) is 11.6. The molecule has 2 N–H and O–H groups in total. The molecule has 0 saturated carbocycles. The Hall–Kier alpha value is -2.09. The van der Waals surface area contributed by atoms with E-state index in [1.165, 1.54) is 15.1 Å². The molecule has 0 amide bonds. The van der Waals surface area contributed by atoms with Crippen molar-refractivity contribution in [2.45, 2.75) is 39.3 Å². The molecule has 1 fully saturated rings. The summed E-state index contributed by atoms with van der Waals surface area (Å²) in [5, 5.41) is 3.88. The summed E-state index contributed by atoms with van der Waals surface area (Å²) in [4.78, 5) is 21.4. The summed E-state index contributed by atoms with van der Waals surface area (Å²) >= 11 is 0. The molecule has 2 aromatic rings. The van der Waals surface area contributed by atoms with Gasteiger partial charge >= 0.3 is 0 Å². The van der Waals surface area contributed by atoms with E-state index in [4.69, 9.17) is 4.55 Å². The van der Waals surface area contributed by atoms with Gasteiger partial charge in [-0.05, 0) is 31.7 Å². The number of fused-ring (bicyclic) bond motifs is 1. The molecule has 172 valence electrons. The lowest BCUT2D eigenvalue weighted by atomic mass is 9.95. The van der Waals surface area contributed by atoms with Crippen LogP contribution in [0.15, 0.2) is 17.1 Å². The third-order valence-corrected chi connectivity index (χ3v) is 7.52. The van der Waals surface area contributed by atoms with Gasteiger partial charge in [-0.2, -0.15) is 13.4 Å². The van der Waals surface area contributed by atoms with Crippen molar-refractivity contribution in [1.82, 2.24) is 18.8 Å². The fourth-order valence-electron chi connectivity index (χ4n) is 3.78. The van der Waals surface area contributed by atoms with Gasteiger partial charge in [-0.25, -0.2) is 17.7 Å². The minimum atomic E-state index is -4.13. The molecule has 0 aromatic carbocycles. The molecule has 3 rings (SSSR count). The van der Waals surface area contributed by atoms with Crippen LogP contribution in [0.25, 0.3) is 11.0 Å². The van der Waals surface area contributed by atoms with E-state index in [-0.39, 0.29) is 30.5 Å². The van der Waals surface area contributed by atoms with E-state index in [1.54, 1.807) is 19.2 Å². The number of hydrogen-bond acceptors (Lipinski definition) is 8. The summed E-state index contributed by atoms with van der Waals surface area (Å²) < 4.78 is 57.4. The SMILES string of the molecule is Cc1cc2cnc(NC3CCN(S(C)(=O)=O)CC3C)nc2n(CCCS(=O)(=O)O)c1=O. The van der Waals surface area contributed by atoms with Crippen LogP contribution in [0.1, 0.15) is 25.3 Å². The zero-order valence-corrected chi connectivity index (χ0v) is 19.3. The predicted molar refractivity (Wildman–Crippen MR) is 117 cm³/mol. The van der Waals surface area contributed by atoms with Gasteiger partial charge in [0.2, 0.25) is 16.0 Å². The lowest BCUT2D eigenvalue weighted by molar-refractivity contribution is 0.262. The van der Waals surface area contributed by atoms with E-state index < -0.39 is 25.9 Å². The molecule has 2 unspecified atom stereocenters. The number of aromatic nitrogens is 3. The maximum atomic E-state index is 12.6. The summed E-state index contributed by atoms with van der Waals surface area (Å²) in [6.07, 6.45) is 3.44. The first kappa shape index (κ1) is 23.6. The quantitative estimate of drug-likeness (QED) is 0.546. The average molecular weight is 474 g/mol. The minimum Gasteiger partial charge on any atom is -0.351 e. The van der Waals surface area contributed by atoms with Crippen molar-refractivity contribution in [3.63, 3.8) is 0 Å². The number of sulfonamides is 1. The molecule has 3 heterocycles. The van der Waals surface area contributed by atoms with Crippen molar-refractivity contribution in [1.29, 1.82) is 0 Å². The molecular weight excluding hydrogens is 446 g/mol. The van der Waals surface area contributed by atoms with Crippen LogP contribution in [0.5, 0.6) is 0 Å². The van der Waals surface area contributed by atoms with Crippen molar-refractivity contribution in [3.05, 3.63) is 28.2 Å². The smallest absolute Gasteiger partial charge is 0.264 e. The first-order valence-electron chi connectivity index (χ1n) is 9.89. The third-order valence-electron chi connectivity index (χ3n) is 5.44. The summed E-state index contributed by atoms with van der Waals surface area (Å²) in [5.41, 5.74) is 0.553. The molecule has 0 spiro atoms. The molecule has 2 aromatic heterocycles. The van der Waals surface area contributed by atoms with Gasteiger partial charge in [0.25, 0.3) is 15.7 Å². The van der Waals surface area contributed by atoms with E-state index >= 15 is 0 Å². The van der Waals surface area contributed by atoms with E-state index in [0.29, 0.717) is 42.1 Å². The Morgan fingerprint density at radius 1 is 1.29 bits per heavy atom. The van der Waals surface area contributed by atoms with Crippen LogP contribution in [0, 0.1) is 12.8 Å². The zero-order chi connectivity index (χ0) is 23.0. The number of aryl methyl sites for hydroxylation is 2. The standard InChI is InChI=1S/C18H27N5O6S2/c1-12-9-14-10-19-18(20-15-5-7-22(11-13(15)2)30(3,25)26)21-16(14)23(17(12)24)6-4-8-31(27,28)29/h9-10,13,15H,4-8,11H2,1-3H3,(H,19,20,21)(H,27,28,29). The van der Waals surface area contributed by atoms with Crippen molar-refractivity contribution in [2.75, 3.05) is 30.4 Å². The largest absolute Gasteiger partial charge is 0.351 e. The van der Waals surface area contributed by atoms with Gasteiger partial charge < -0.3 is 5.32 Å². The van der Waals surface area contributed by atoms with Crippen molar-refractivity contribution in [3.8, 4) is 0 Å². The van der Waals surface area contributed by atoms with Crippen molar-refractivity contribution >= 4 is 37.1 Å². The third kappa shape index (κ3) is 5.79. The van der Waals surface area contributed by atoms with E-state index in [9.17, 15) is 21.6 Å². The maximum absolute atomic E-state index is 12.6. The Morgan fingerprint density at radius 3 is 2.61 bits per heavy atom. The predicted octanol–water partition coefficient (Wildman–Crippen LogP) is 0.460. The van der Waals surface area contributed by atoms with Crippen LogP contribution in [-0.2, 0) is 26.7 Å². The Kier molecular flexibility index (Phi) is 6.69. The highest BCUT2D eigenvalue weighted by molar-refractivity contribution is 7.88. The molecule has 0 aliphatic carbocycles. The summed E-state index contributed by atoms with van der Waals surface area (Å²) in [6, 6.07) is 1.63. The van der Waals surface area contributed by atoms with Crippen molar-refractivity contribution < 1.29 is 21.4 Å². The van der Waals surface area contributed by atoms with E-state index in [2.05, 4.69) is 15.3 Å². The Morgan fingerprint density at radius 2 is 2.00 bits per heavy atom. The van der Waals surface area contributed by atoms with Gasteiger partial charge in [0.1, 0.15) is 5.65 Å². The normalized spacial score (nSPS) is 20.8. The van der Waals surface area contributed by atoms with Crippen molar-refractivity contribution in [2.24, 2.45) is 5.92 Å². The highest BCUT2D eigenvalue weighted by atomic mass is 32.2. The highest BCUT2D eigenvalue weighted by Gasteiger charge is 2.30. The molecule has 13 heteroatoms. The lowest BCUT2D eigenvalue weighted by Gasteiger charge is -2.35. The molecule has 1 aliphatic rings. The molecule has 2 atom stereocenters. The second kappa shape index (κ2) is 8.81. The number of pyridine rings is 1. The lowest BCUT2D eigenvalue weighted by Crippen LogP contribution is -2.47. The fourth-order valence-corrected chi connectivity index (χ4v) is 5.21. The van der Waals surface area contributed by atoms with Gasteiger partial charge in [-0.15, -0.1) is 0 Å². The monoisotopic (exact) mass is 473 g/mol. The summed E-state index contributed by atoms with van der Waals surface area (Å²) in [6.45, 7) is 4.48. The van der Waals surface area contributed by atoms with Crippen LogP contribution in [0.2, 0.25) is 0 Å². The van der Waals surface area contributed by atoms with Gasteiger partial charge in [0, 0.05) is 42.8 Å². The number of nitrogens with one attached hydrogen (secondary N) is 1. The molecule has 1 saturated heterocycles. The number of nitrogens with zero attached hydrogens (tertiary/aromatic N) is 4. The number of piperidine rings is 1. The first-order chi connectivity index (χ1) is 14.3. The molecule has 31 heavy (non-hydrogen) atoms. The van der Waals surface area contributed by atoms with Gasteiger partial charge in [0.05, 0.1) is 12.0 Å². The molecule has 1 aliphatic heterocycles. The molecular formula is C18H27N5O6S2. The summed E-state index contributed by atoms with van der Waals surface area (Å²) in [5.74, 6) is -0.122. The number of anilines is 1. The van der Waals surface area contributed by atoms with Gasteiger partial charge in [0.15, 0.2) is 0 Å². The topological polar surface area (TPSA) is 152 Å². The first-order valence-corrected chi connectivity index (χ1v) is 13.3. The van der Waals surface area contributed by atoms with E-state index in [1.807, 2.05) is 6.92 Å². The Labute approximate surface area is 181 Å².